The molecule has 2 heterocycles. The Hall–Kier alpha value is -3.16. The van der Waals surface area contributed by atoms with E-state index in [-0.39, 0.29) is 11.8 Å². The van der Waals surface area contributed by atoms with Gasteiger partial charge < -0.3 is 20.7 Å². The topological polar surface area (TPSA) is 88.4 Å². The monoisotopic (exact) mass is 372 g/mol. The molecular formula is C19H21FN4O3. The third-order valence-electron chi connectivity index (χ3n) is 4.49. The lowest BCUT2D eigenvalue weighted by Gasteiger charge is -2.32. The van der Waals surface area contributed by atoms with E-state index < -0.39 is 11.8 Å². The molecule has 1 aliphatic rings. The molecule has 1 aromatic carbocycles. The van der Waals surface area contributed by atoms with Gasteiger partial charge in [-0.25, -0.2) is 9.18 Å². The fourth-order valence-corrected chi connectivity index (χ4v) is 3.13. The Morgan fingerprint density at radius 3 is 2.78 bits per heavy atom. The Balaban J connectivity index is 1.50. The van der Waals surface area contributed by atoms with Crippen LogP contribution >= 0.6 is 0 Å². The summed E-state index contributed by atoms with van der Waals surface area (Å²) in [7, 11) is 0. The summed E-state index contributed by atoms with van der Waals surface area (Å²) in [6.07, 6.45) is 4.34. The highest BCUT2D eigenvalue weighted by Gasteiger charge is 2.25. The molecule has 3 rings (SSSR count). The van der Waals surface area contributed by atoms with Crippen LogP contribution in [0.15, 0.2) is 48.8 Å². The van der Waals surface area contributed by atoms with Gasteiger partial charge in [0.05, 0.1) is 5.56 Å². The molecule has 0 spiro atoms. The molecule has 142 valence electrons. The molecule has 1 aliphatic heterocycles. The minimum Gasteiger partial charge on any atom is -0.619 e. The van der Waals surface area contributed by atoms with Gasteiger partial charge in [-0.2, -0.15) is 4.73 Å². The van der Waals surface area contributed by atoms with Crippen molar-refractivity contribution >= 4 is 17.6 Å². The first kappa shape index (κ1) is 18.6. The largest absolute Gasteiger partial charge is 0.619 e. The molecule has 27 heavy (non-hydrogen) atoms. The summed E-state index contributed by atoms with van der Waals surface area (Å²) in [5.41, 5.74) is 0.854. The van der Waals surface area contributed by atoms with E-state index >= 15 is 0 Å². The van der Waals surface area contributed by atoms with Crippen LogP contribution in [0.5, 0.6) is 0 Å². The number of piperidine rings is 1. The molecule has 3 amide bonds. The number of halogens is 1. The summed E-state index contributed by atoms with van der Waals surface area (Å²) < 4.78 is 13.8. The third kappa shape index (κ3) is 5.16. The van der Waals surface area contributed by atoms with Gasteiger partial charge in [0, 0.05) is 37.5 Å². The van der Waals surface area contributed by atoms with E-state index in [9.17, 15) is 19.2 Å². The summed E-state index contributed by atoms with van der Waals surface area (Å²) in [6, 6.07) is 8.27. The van der Waals surface area contributed by atoms with E-state index in [1.54, 1.807) is 11.0 Å². The van der Waals surface area contributed by atoms with Gasteiger partial charge in [0.25, 0.3) is 5.91 Å². The van der Waals surface area contributed by atoms with E-state index in [1.807, 2.05) is 0 Å². The van der Waals surface area contributed by atoms with Crippen molar-refractivity contribution in [2.24, 2.45) is 5.92 Å². The predicted octanol–water partition coefficient (Wildman–Crippen LogP) is 2.13. The zero-order valence-corrected chi connectivity index (χ0v) is 14.7. The molecule has 1 atom stereocenters. The van der Waals surface area contributed by atoms with Crippen molar-refractivity contribution in [2.45, 2.75) is 12.8 Å². The van der Waals surface area contributed by atoms with Crippen LogP contribution in [0, 0.1) is 16.9 Å². The molecule has 7 nitrogen and oxygen atoms in total. The molecule has 2 aromatic rings. The highest BCUT2D eigenvalue weighted by molar-refractivity contribution is 5.94. The average molecular weight is 372 g/mol. The molecule has 2 N–H and O–H groups in total. The summed E-state index contributed by atoms with van der Waals surface area (Å²) in [4.78, 5) is 26.3. The fraction of sp³-hybridized carbons (Fsp3) is 0.316. The first-order chi connectivity index (χ1) is 13.0. The van der Waals surface area contributed by atoms with Crippen molar-refractivity contribution in [2.75, 3.05) is 25.0 Å². The van der Waals surface area contributed by atoms with Gasteiger partial charge in [-0.05, 0) is 37.0 Å². The maximum Gasteiger partial charge on any atom is 0.319 e. The molecule has 0 aliphatic carbocycles. The quantitative estimate of drug-likeness (QED) is 0.637. The van der Waals surface area contributed by atoms with Gasteiger partial charge in [0.15, 0.2) is 12.4 Å². The fourth-order valence-electron chi connectivity index (χ4n) is 3.13. The number of carbonyl (C=O) groups excluding carboxylic acids is 2. The van der Waals surface area contributed by atoms with Crippen LogP contribution in [-0.2, 0) is 0 Å². The summed E-state index contributed by atoms with van der Waals surface area (Å²) in [6.45, 7) is 1.60. The molecule has 1 unspecified atom stereocenters. The second-order valence-corrected chi connectivity index (χ2v) is 6.55. The Morgan fingerprint density at radius 2 is 2.04 bits per heavy atom. The Kier molecular flexibility index (Phi) is 5.85. The van der Waals surface area contributed by atoms with Crippen LogP contribution in [0.2, 0.25) is 0 Å². The standard InChI is InChI=1S/C19H21FN4O3/c20-16-4-1-5-17(11-16)22-19(26)21-12-14-3-2-8-23(13-14)18(25)15-6-9-24(27)10-7-15/h1,4-7,9-11,14H,2-3,8,12-13H2,(H2,21,22,26). The molecule has 1 fully saturated rings. The molecule has 8 heteroatoms. The minimum atomic E-state index is -0.419. The van der Waals surface area contributed by atoms with Crippen molar-refractivity contribution in [3.63, 3.8) is 0 Å². The van der Waals surface area contributed by atoms with Crippen molar-refractivity contribution in [3.05, 3.63) is 65.4 Å². The van der Waals surface area contributed by atoms with Gasteiger partial charge >= 0.3 is 6.03 Å². The summed E-state index contributed by atoms with van der Waals surface area (Å²) >= 11 is 0. The van der Waals surface area contributed by atoms with Crippen molar-refractivity contribution in [3.8, 4) is 0 Å². The number of urea groups is 1. The van der Waals surface area contributed by atoms with E-state index in [1.165, 1.54) is 42.7 Å². The highest BCUT2D eigenvalue weighted by atomic mass is 19.1. The number of pyridine rings is 1. The minimum absolute atomic E-state index is 0.121. The lowest BCUT2D eigenvalue weighted by molar-refractivity contribution is -0.605. The number of carbonyl (C=O) groups is 2. The van der Waals surface area contributed by atoms with Crippen molar-refractivity contribution < 1.29 is 18.7 Å². The number of anilines is 1. The van der Waals surface area contributed by atoms with Gasteiger partial charge in [-0.15, -0.1) is 0 Å². The first-order valence-electron chi connectivity index (χ1n) is 8.80. The number of nitrogens with zero attached hydrogens (tertiary/aromatic N) is 2. The normalized spacial score (nSPS) is 16.6. The van der Waals surface area contributed by atoms with E-state index in [4.69, 9.17) is 0 Å². The maximum absolute atomic E-state index is 13.1. The number of amides is 3. The lowest BCUT2D eigenvalue weighted by atomic mass is 9.97. The zero-order valence-electron chi connectivity index (χ0n) is 14.7. The van der Waals surface area contributed by atoms with Crippen molar-refractivity contribution in [1.29, 1.82) is 0 Å². The smallest absolute Gasteiger partial charge is 0.319 e. The van der Waals surface area contributed by atoms with Crippen molar-refractivity contribution in [1.82, 2.24) is 10.2 Å². The Bertz CT molecular complexity index is 813. The highest BCUT2D eigenvalue weighted by Crippen LogP contribution is 2.18. The Labute approximate surface area is 156 Å². The number of hydrogen-bond donors (Lipinski definition) is 2. The van der Waals surface area contributed by atoms with Gasteiger partial charge in [-0.1, -0.05) is 6.07 Å². The summed E-state index contributed by atoms with van der Waals surface area (Å²) in [5, 5.41) is 16.5. The summed E-state index contributed by atoms with van der Waals surface area (Å²) in [5.74, 6) is -0.406. The average Bonchev–Trinajstić information content (AvgIpc) is 2.67. The van der Waals surface area contributed by atoms with Crippen LogP contribution in [0.25, 0.3) is 0 Å². The second-order valence-electron chi connectivity index (χ2n) is 6.55. The lowest BCUT2D eigenvalue weighted by Crippen LogP contribution is -2.44. The van der Waals surface area contributed by atoms with Gasteiger partial charge in [-0.3, -0.25) is 4.79 Å². The van der Waals surface area contributed by atoms with Crippen LogP contribution in [-0.4, -0.2) is 36.5 Å². The third-order valence-corrected chi connectivity index (χ3v) is 4.49. The van der Waals surface area contributed by atoms with Gasteiger partial charge in [0.1, 0.15) is 5.82 Å². The van der Waals surface area contributed by atoms with Crippen LogP contribution in [0.4, 0.5) is 14.9 Å². The molecule has 1 saturated heterocycles. The number of hydrogen-bond acceptors (Lipinski definition) is 3. The van der Waals surface area contributed by atoms with E-state index in [0.717, 1.165) is 12.8 Å². The zero-order chi connectivity index (χ0) is 19.2. The predicted molar refractivity (Wildman–Crippen MR) is 97.5 cm³/mol. The number of rotatable bonds is 4. The van der Waals surface area contributed by atoms with Gasteiger partial charge in [0.2, 0.25) is 0 Å². The molecule has 0 bridgehead atoms. The number of nitrogens with one attached hydrogen (secondary N) is 2. The van der Waals surface area contributed by atoms with Crippen LogP contribution < -0.4 is 15.4 Å². The number of benzene rings is 1. The molecule has 0 radical (unpaired) electrons. The van der Waals surface area contributed by atoms with Crippen LogP contribution in [0.1, 0.15) is 23.2 Å². The Morgan fingerprint density at radius 1 is 1.26 bits per heavy atom. The molecule has 1 aromatic heterocycles. The maximum atomic E-state index is 13.1. The SMILES string of the molecule is O=C(NCC1CCCN(C(=O)c2cc[n+]([O-])cc2)C1)Nc1cccc(F)c1. The number of likely N-dealkylation sites (tertiary alicyclic amines) is 1. The molecule has 0 saturated carbocycles. The molecular weight excluding hydrogens is 351 g/mol. The van der Waals surface area contributed by atoms with Crippen LogP contribution in [0.3, 0.4) is 0 Å². The number of aromatic nitrogens is 1. The first-order valence-corrected chi connectivity index (χ1v) is 8.80. The second kappa shape index (κ2) is 8.48. The van der Waals surface area contributed by atoms with E-state index in [2.05, 4.69) is 10.6 Å². The van der Waals surface area contributed by atoms with E-state index in [0.29, 0.717) is 35.6 Å².